The average molecular weight is 297 g/mol. The van der Waals surface area contributed by atoms with Crippen LogP contribution >= 0.6 is 11.6 Å². The molecule has 1 aliphatic rings. The minimum atomic E-state index is -0.246. The van der Waals surface area contributed by atoms with E-state index in [-0.39, 0.29) is 6.10 Å². The number of para-hydroxylation sites is 1. The topological polar surface area (TPSA) is 35.5 Å². The Morgan fingerprint density at radius 3 is 2.95 bits per heavy atom. The summed E-state index contributed by atoms with van der Waals surface area (Å²) >= 11 is 6.42. The van der Waals surface area contributed by atoms with E-state index in [0.717, 1.165) is 49.7 Å². The van der Waals surface area contributed by atoms with Gasteiger partial charge in [-0.05, 0) is 37.9 Å². The highest BCUT2D eigenvalue weighted by Gasteiger charge is 2.28. The molecule has 0 spiro atoms. The van der Waals surface area contributed by atoms with Crippen molar-refractivity contribution in [1.29, 1.82) is 0 Å². The summed E-state index contributed by atoms with van der Waals surface area (Å²) in [5.41, 5.74) is 2.39. The molecule has 1 aliphatic heterocycles. The molecular formula is C16H25ClN2O. The van der Waals surface area contributed by atoms with E-state index in [1.165, 1.54) is 5.56 Å². The lowest BCUT2D eigenvalue weighted by Crippen LogP contribution is -2.26. The summed E-state index contributed by atoms with van der Waals surface area (Å²) < 4.78 is 0. The molecule has 0 radical (unpaired) electrons. The predicted molar refractivity (Wildman–Crippen MR) is 85.5 cm³/mol. The van der Waals surface area contributed by atoms with Gasteiger partial charge in [0, 0.05) is 25.6 Å². The summed E-state index contributed by atoms with van der Waals surface area (Å²) in [6.07, 6.45) is 1.91. The van der Waals surface area contributed by atoms with E-state index in [9.17, 15) is 5.11 Å². The minimum absolute atomic E-state index is 0.246. The fourth-order valence-electron chi connectivity index (χ4n) is 2.84. The molecule has 0 amide bonds. The van der Waals surface area contributed by atoms with Crippen LogP contribution in [0.25, 0.3) is 0 Å². The second-order valence-electron chi connectivity index (χ2n) is 5.66. The molecule has 4 heteroatoms. The van der Waals surface area contributed by atoms with Gasteiger partial charge in [0.1, 0.15) is 0 Å². The van der Waals surface area contributed by atoms with Crippen molar-refractivity contribution in [2.24, 2.45) is 5.92 Å². The van der Waals surface area contributed by atoms with Gasteiger partial charge >= 0.3 is 0 Å². The molecule has 0 saturated carbocycles. The number of rotatable bonds is 6. The molecule has 112 valence electrons. The van der Waals surface area contributed by atoms with Crippen molar-refractivity contribution < 1.29 is 5.11 Å². The normalized spacial score (nSPS) is 20.4. The van der Waals surface area contributed by atoms with Gasteiger partial charge in [-0.25, -0.2) is 0 Å². The highest BCUT2D eigenvalue weighted by molar-refractivity contribution is 6.33. The van der Waals surface area contributed by atoms with Crippen molar-refractivity contribution in [1.82, 2.24) is 5.32 Å². The van der Waals surface area contributed by atoms with Crippen LogP contribution in [0.2, 0.25) is 5.02 Å². The maximum Gasteiger partial charge on any atom is 0.0642 e. The monoisotopic (exact) mass is 296 g/mol. The van der Waals surface area contributed by atoms with Crippen molar-refractivity contribution >= 4 is 17.3 Å². The number of halogens is 1. The van der Waals surface area contributed by atoms with Crippen LogP contribution in [0.4, 0.5) is 5.69 Å². The number of anilines is 1. The summed E-state index contributed by atoms with van der Waals surface area (Å²) in [5.74, 6) is 0.350. The van der Waals surface area contributed by atoms with Crippen LogP contribution in [0.1, 0.15) is 32.3 Å². The molecule has 0 bridgehead atoms. The van der Waals surface area contributed by atoms with Crippen molar-refractivity contribution in [2.75, 3.05) is 24.5 Å². The third kappa shape index (κ3) is 3.66. The van der Waals surface area contributed by atoms with Gasteiger partial charge in [0.25, 0.3) is 0 Å². The van der Waals surface area contributed by atoms with Crippen LogP contribution in [0, 0.1) is 5.92 Å². The maximum atomic E-state index is 9.76. The van der Waals surface area contributed by atoms with Crippen LogP contribution in [0.3, 0.4) is 0 Å². The van der Waals surface area contributed by atoms with Crippen LogP contribution < -0.4 is 10.2 Å². The fourth-order valence-corrected chi connectivity index (χ4v) is 3.15. The molecular weight excluding hydrogens is 272 g/mol. The van der Waals surface area contributed by atoms with E-state index >= 15 is 0 Å². The molecule has 0 aromatic heterocycles. The maximum absolute atomic E-state index is 9.76. The lowest BCUT2D eigenvalue weighted by Gasteiger charge is -2.24. The molecule has 20 heavy (non-hydrogen) atoms. The number of nitrogens with one attached hydrogen (secondary N) is 1. The largest absolute Gasteiger partial charge is 0.393 e. The fraction of sp³-hybridized carbons (Fsp3) is 0.625. The minimum Gasteiger partial charge on any atom is -0.393 e. The number of benzene rings is 1. The first-order valence-electron chi connectivity index (χ1n) is 7.54. The van der Waals surface area contributed by atoms with Crippen molar-refractivity contribution in [3.63, 3.8) is 0 Å². The third-order valence-electron chi connectivity index (χ3n) is 4.04. The van der Waals surface area contributed by atoms with Crippen molar-refractivity contribution in [3.8, 4) is 0 Å². The summed E-state index contributed by atoms with van der Waals surface area (Å²) in [4.78, 5) is 2.32. The number of aliphatic hydroxyl groups is 1. The molecule has 2 unspecified atom stereocenters. The van der Waals surface area contributed by atoms with Crippen LogP contribution in [-0.2, 0) is 6.54 Å². The quantitative estimate of drug-likeness (QED) is 0.792. The average Bonchev–Trinajstić information content (AvgIpc) is 2.88. The number of nitrogens with zero attached hydrogens (tertiary/aromatic N) is 1. The smallest absolute Gasteiger partial charge is 0.0642 e. The molecule has 1 fully saturated rings. The Hall–Kier alpha value is -0.770. The Kier molecular flexibility index (Phi) is 5.70. The van der Waals surface area contributed by atoms with E-state index in [1.54, 1.807) is 0 Å². The lowest BCUT2D eigenvalue weighted by molar-refractivity contribution is 0.136. The lowest BCUT2D eigenvalue weighted by atomic mass is 10.0. The van der Waals surface area contributed by atoms with Gasteiger partial charge in [0.05, 0.1) is 16.8 Å². The predicted octanol–water partition coefficient (Wildman–Crippen LogP) is 3.05. The third-order valence-corrected chi connectivity index (χ3v) is 4.34. The molecule has 3 nitrogen and oxygen atoms in total. The van der Waals surface area contributed by atoms with Crippen LogP contribution in [0.5, 0.6) is 0 Å². The molecule has 1 aromatic rings. The zero-order chi connectivity index (χ0) is 14.5. The SMILES string of the molecule is CCCNCc1cccc(Cl)c1N1CCC(C(C)O)C1. The second-order valence-corrected chi connectivity index (χ2v) is 6.07. The highest BCUT2D eigenvalue weighted by Crippen LogP contribution is 2.34. The van der Waals surface area contributed by atoms with Gasteiger partial charge < -0.3 is 15.3 Å². The summed E-state index contributed by atoms with van der Waals surface area (Å²) in [5, 5.41) is 14.0. The molecule has 2 N–H and O–H groups in total. The van der Waals surface area contributed by atoms with Gasteiger partial charge in [0.15, 0.2) is 0 Å². The van der Waals surface area contributed by atoms with E-state index in [4.69, 9.17) is 11.6 Å². The molecule has 1 saturated heterocycles. The van der Waals surface area contributed by atoms with E-state index < -0.39 is 0 Å². The zero-order valence-electron chi connectivity index (χ0n) is 12.4. The summed E-state index contributed by atoms with van der Waals surface area (Å²) in [6, 6.07) is 6.10. The van der Waals surface area contributed by atoms with Crippen molar-refractivity contribution in [2.45, 2.75) is 39.3 Å². The summed E-state index contributed by atoms with van der Waals surface area (Å²) in [6.45, 7) is 7.77. The van der Waals surface area contributed by atoms with Crippen LogP contribution in [-0.4, -0.2) is 30.8 Å². The first-order valence-corrected chi connectivity index (χ1v) is 7.92. The highest BCUT2D eigenvalue weighted by atomic mass is 35.5. The summed E-state index contributed by atoms with van der Waals surface area (Å²) in [7, 11) is 0. The number of aliphatic hydroxyl groups excluding tert-OH is 1. The second kappa shape index (κ2) is 7.30. The van der Waals surface area contributed by atoms with Crippen molar-refractivity contribution in [3.05, 3.63) is 28.8 Å². The van der Waals surface area contributed by atoms with E-state index in [1.807, 2.05) is 19.1 Å². The first kappa shape index (κ1) is 15.6. The van der Waals surface area contributed by atoms with Crippen LogP contribution in [0.15, 0.2) is 18.2 Å². The van der Waals surface area contributed by atoms with Gasteiger partial charge in [-0.1, -0.05) is 30.7 Å². The Balaban J connectivity index is 2.13. The molecule has 2 atom stereocenters. The van der Waals surface area contributed by atoms with Gasteiger partial charge in [-0.2, -0.15) is 0 Å². The van der Waals surface area contributed by atoms with Gasteiger partial charge in [0.2, 0.25) is 0 Å². The molecule has 1 aromatic carbocycles. The zero-order valence-corrected chi connectivity index (χ0v) is 13.2. The van der Waals surface area contributed by atoms with E-state index in [2.05, 4.69) is 23.2 Å². The Morgan fingerprint density at radius 1 is 1.50 bits per heavy atom. The Morgan fingerprint density at radius 2 is 2.30 bits per heavy atom. The molecule has 1 heterocycles. The first-order chi connectivity index (χ1) is 9.63. The Bertz CT molecular complexity index is 436. The standard InChI is InChI=1S/C16H25ClN2O/c1-3-8-18-10-13-5-4-6-15(17)16(13)19-9-7-14(11-19)12(2)20/h4-6,12,14,18,20H,3,7-11H2,1-2H3. The number of hydrogen-bond donors (Lipinski definition) is 2. The van der Waals surface area contributed by atoms with Gasteiger partial charge in [-0.3, -0.25) is 0 Å². The van der Waals surface area contributed by atoms with E-state index in [0.29, 0.717) is 5.92 Å². The molecule has 2 rings (SSSR count). The number of hydrogen-bond acceptors (Lipinski definition) is 3. The van der Waals surface area contributed by atoms with Gasteiger partial charge in [-0.15, -0.1) is 0 Å². The Labute approximate surface area is 126 Å². The molecule has 0 aliphatic carbocycles.